The minimum absolute atomic E-state index is 0.0391. The van der Waals surface area contributed by atoms with Crippen LogP contribution in [0.15, 0.2) is 22.7 Å². The largest absolute Gasteiger partial charge is 0.326 e. The van der Waals surface area contributed by atoms with Crippen molar-refractivity contribution >= 4 is 39.1 Å². The first-order valence-corrected chi connectivity index (χ1v) is 7.69. The van der Waals surface area contributed by atoms with Gasteiger partial charge in [-0.2, -0.15) is 0 Å². The Morgan fingerprint density at radius 1 is 1.37 bits per heavy atom. The standard InChI is InChI=1S/C14H18BrClN2O/c15-11-5-4-10(8-12(11)16)18-13(19)9-14(17)6-2-1-3-7-14/h4-5,8H,1-3,6-7,9,17H2,(H,18,19). The summed E-state index contributed by atoms with van der Waals surface area (Å²) in [7, 11) is 0. The molecular formula is C14H18BrClN2O. The fraction of sp³-hybridized carbons (Fsp3) is 0.500. The number of hydrogen-bond donors (Lipinski definition) is 2. The van der Waals surface area contributed by atoms with Gasteiger partial charge in [-0.05, 0) is 47.0 Å². The van der Waals surface area contributed by atoms with Gasteiger partial charge in [0.05, 0.1) is 5.02 Å². The molecule has 0 spiro atoms. The van der Waals surface area contributed by atoms with Crippen molar-refractivity contribution in [3.8, 4) is 0 Å². The van der Waals surface area contributed by atoms with Crippen LogP contribution in [0.5, 0.6) is 0 Å². The van der Waals surface area contributed by atoms with E-state index in [1.165, 1.54) is 6.42 Å². The van der Waals surface area contributed by atoms with E-state index < -0.39 is 0 Å². The molecule has 1 fully saturated rings. The Balaban J connectivity index is 1.95. The third-order valence-corrected chi connectivity index (χ3v) is 4.80. The maximum absolute atomic E-state index is 12.0. The maximum Gasteiger partial charge on any atom is 0.226 e. The van der Waals surface area contributed by atoms with Crippen LogP contribution < -0.4 is 11.1 Å². The number of carbonyl (C=O) groups is 1. The predicted octanol–water partition coefficient (Wildman–Crippen LogP) is 4.09. The van der Waals surface area contributed by atoms with Crippen molar-refractivity contribution in [2.24, 2.45) is 5.73 Å². The molecule has 19 heavy (non-hydrogen) atoms. The highest BCUT2D eigenvalue weighted by atomic mass is 79.9. The number of halogens is 2. The van der Waals surface area contributed by atoms with Gasteiger partial charge >= 0.3 is 0 Å². The molecule has 0 radical (unpaired) electrons. The number of rotatable bonds is 3. The Morgan fingerprint density at radius 2 is 2.05 bits per heavy atom. The zero-order valence-electron chi connectivity index (χ0n) is 10.7. The highest BCUT2D eigenvalue weighted by Crippen LogP contribution is 2.29. The van der Waals surface area contributed by atoms with Crippen LogP contribution >= 0.6 is 27.5 Å². The van der Waals surface area contributed by atoms with Crippen molar-refractivity contribution in [1.29, 1.82) is 0 Å². The Morgan fingerprint density at radius 3 is 2.68 bits per heavy atom. The predicted molar refractivity (Wildman–Crippen MR) is 82.4 cm³/mol. The molecule has 1 saturated carbocycles. The van der Waals surface area contributed by atoms with Crippen molar-refractivity contribution in [3.05, 3.63) is 27.7 Å². The van der Waals surface area contributed by atoms with E-state index in [1.807, 2.05) is 12.1 Å². The maximum atomic E-state index is 12.0. The van der Waals surface area contributed by atoms with Crippen molar-refractivity contribution in [1.82, 2.24) is 0 Å². The topological polar surface area (TPSA) is 55.1 Å². The number of benzene rings is 1. The normalized spacial score (nSPS) is 18.1. The van der Waals surface area contributed by atoms with Crippen LogP contribution in [0.1, 0.15) is 38.5 Å². The van der Waals surface area contributed by atoms with E-state index in [2.05, 4.69) is 21.2 Å². The van der Waals surface area contributed by atoms with Gasteiger partial charge < -0.3 is 11.1 Å². The van der Waals surface area contributed by atoms with Gasteiger partial charge in [-0.15, -0.1) is 0 Å². The first-order chi connectivity index (χ1) is 8.98. The Labute approximate surface area is 127 Å². The second-order valence-corrected chi connectivity index (χ2v) is 6.54. The summed E-state index contributed by atoms with van der Waals surface area (Å²) in [6, 6.07) is 5.36. The molecule has 0 saturated heterocycles. The second-order valence-electron chi connectivity index (χ2n) is 5.28. The average Bonchev–Trinajstić information content (AvgIpc) is 2.34. The lowest BCUT2D eigenvalue weighted by molar-refractivity contribution is -0.117. The van der Waals surface area contributed by atoms with Crippen LogP contribution in [0.3, 0.4) is 0 Å². The van der Waals surface area contributed by atoms with Gasteiger partial charge in [-0.25, -0.2) is 0 Å². The first kappa shape index (κ1) is 14.8. The van der Waals surface area contributed by atoms with Crippen LogP contribution in [-0.4, -0.2) is 11.4 Å². The molecule has 0 unspecified atom stereocenters. The number of nitrogens with one attached hydrogen (secondary N) is 1. The van der Waals surface area contributed by atoms with Crippen LogP contribution in [0.2, 0.25) is 5.02 Å². The molecule has 2 rings (SSSR count). The van der Waals surface area contributed by atoms with E-state index in [0.29, 0.717) is 17.1 Å². The first-order valence-electron chi connectivity index (χ1n) is 6.52. The van der Waals surface area contributed by atoms with Crippen molar-refractivity contribution < 1.29 is 4.79 Å². The van der Waals surface area contributed by atoms with Gasteiger partial charge in [-0.3, -0.25) is 4.79 Å². The lowest BCUT2D eigenvalue weighted by Gasteiger charge is -2.32. The summed E-state index contributed by atoms with van der Waals surface area (Å²) in [6.45, 7) is 0. The second kappa shape index (κ2) is 6.25. The lowest BCUT2D eigenvalue weighted by atomic mass is 9.80. The number of anilines is 1. The van der Waals surface area contributed by atoms with E-state index in [4.69, 9.17) is 17.3 Å². The summed E-state index contributed by atoms with van der Waals surface area (Å²) < 4.78 is 0.815. The van der Waals surface area contributed by atoms with Crippen LogP contribution in [0.25, 0.3) is 0 Å². The number of hydrogen-bond acceptors (Lipinski definition) is 2. The highest BCUT2D eigenvalue weighted by Gasteiger charge is 2.29. The quantitative estimate of drug-likeness (QED) is 0.867. The molecule has 1 aromatic rings. The molecule has 5 heteroatoms. The van der Waals surface area contributed by atoms with E-state index in [-0.39, 0.29) is 11.4 Å². The van der Waals surface area contributed by atoms with Crippen molar-refractivity contribution in [2.45, 2.75) is 44.1 Å². The van der Waals surface area contributed by atoms with Crippen molar-refractivity contribution in [3.63, 3.8) is 0 Å². The minimum atomic E-state index is -0.332. The summed E-state index contributed by atoms with van der Waals surface area (Å²) in [4.78, 5) is 12.0. The smallest absolute Gasteiger partial charge is 0.226 e. The Bertz CT molecular complexity index is 473. The average molecular weight is 346 g/mol. The zero-order valence-corrected chi connectivity index (χ0v) is 13.1. The van der Waals surface area contributed by atoms with Crippen LogP contribution in [-0.2, 0) is 4.79 Å². The van der Waals surface area contributed by atoms with E-state index >= 15 is 0 Å². The van der Waals surface area contributed by atoms with Crippen LogP contribution in [0.4, 0.5) is 5.69 Å². The number of nitrogens with two attached hydrogens (primary N) is 1. The Hall–Kier alpha value is -0.580. The fourth-order valence-corrected chi connectivity index (χ4v) is 2.96. The molecule has 0 heterocycles. The zero-order chi connectivity index (χ0) is 13.9. The molecule has 1 aromatic carbocycles. The molecular weight excluding hydrogens is 328 g/mol. The molecule has 1 aliphatic rings. The molecule has 0 atom stereocenters. The fourth-order valence-electron chi connectivity index (χ4n) is 2.53. The molecule has 1 amide bonds. The van der Waals surface area contributed by atoms with Gasteiger partial charge in [0.1, 0.15) is 0 Å². The molecule has 104 valence electrons. The van der Waals surface area contributed by atoms with Gasteiger partial charge in [-0.1, -0.05) is 30.9 Å². The third kappa shape index (κ3) is 4.20. The SMILES string of the molecule is NC1(CC(=O)Nc2ccc(Br)c(Cl)c2)CCCCC1. The van der Waals surface area contributed by atoms with E-state index in [1.54, 1.807) is 6.07 Å². The number of carbonyl (C=O) groups excluding carboxylic acids is 1. The van der Waals surface area contributed by atoms with Gasteiger partial charge in [0, 0.05) is 22.1 Å². The highest BCUT2D eigenvalue weighted by molar-refractivity contribution is 9.10. The molecule has 0 bridgehead atoms. The van der Waals surface area contributed by atoms with E-state index in [0.717, 1.165) is 30.2 Å². The monoisotopic (exact) mass is 344 g/mol. The molecule has 0 aromatic heterocycles. The summed E-state index contributed by atoms with van der Waals surface area (Å²) in [5.41, 5.74) is 6.65. The minimum Gasteiger partial charge on any atom is -0.326 e. The molecule has 3 N–H and O–H groups in total. The van der Waals surface area contributed by atoms with Crippen molar-refractivity contribution in [2.75, 3.05) is 5.32 Å². The van der Waals surface area contributed by atoms with Crippen LogP contribution in [0, 0.1) is 0 Å². The summed E-state index contributed by atoms with van der Waals surface area (Å²) >= 11 is 9.31. The van der Waals surface area contributed by atoms with Gasteiger partial charge in [0.15, 0.2) is 0 Å². The van der Waals surface area contributed by atoms with Gasteiger partial charge in [0.2, 0.25) is 5.91 Å². The summed E-state index contributed by atoms with van der Waals surface area (Å²) in [5, 5.41) is 3.44. The summed E-state index contributed by atoms with van der Waals surface area (Å²) in [6.07, 6.45) is 5.70. The molecule has 1 aliphatic carbocycles. The Kier molecular flexibility index (Phi) is 4.87. The molecule has 3 nitrogen and oxygen atoms in total. The summed E-state index contributed by atoms with van der Waals surface area (Å²) in [5.74, 6) is -0.0391. The van der Waals surface area contributed by atoms with E-state index in [9.17, 15) is 4.79 Å². The van der Waals surface area contributed by atoms with Gasteiger partial charge in [0.25, 0.3) is 0 Å². The molecule has 0 aliphatic heterocycles. The third-order valence-electron chi connectivity index (χ3n) is 3.57. The lowest BCUT2D eigenvalue weighted by Crippen LogP contribution is -2.44. The number of amides is 1.